The van der Waals surface area contributed by atoms with Gasteiger partial charge in [0.1, 0.15) is 0 Å². The van der Waals surface area contributed by atoms with Gasteiger partial charge in [-0.2, -0.15) is 0 Å². The lowest BCUT2D eigenvalue weighted by Crippen LogP contribution is -2.59. The molecule has 16 heavy (non-hydrogen) atoms. The molecule has 96 valence electrons. The van der Waals surface area contributed by atoms with E-state index < -0.39 is 0 Å². The van der Waals surface area contributed by atoms with Crippen molar-refractivity contribution in [1.82, 2.24) is 10.2 Å². The van der Waals surface area contributed by atoms with Crippen LogP contribution in [0.1, 0.15) is 47.0 Å². The fraction of sp³-hybridized carbons (Fsp3) is 0.857. The first kappa shape index (κ1) is 15.7. The van der Waals surface area contributed by atoms with Crippen molar-refractivity contribution in [2.24, 2.45) is 0 Å². The lowest BCUT2D eigenvalue weighted by molar-refractivity contribution is 0.103. The van der Waals surface area contributed by atoms with Crippen molar-refractivity contribution in [3.63, 3.8) is 0 Å². The van der Waals surface area contributed by atoms with Gasteiger partial charge in [0, 0.05) is 11.6 Å². The highest BCUT2D eigenvalue weighted by molar-refractivity contribution is 5.14. The fourth-order valence-electron chi connectivity index (χ4n) is 2.66. The van der Waals surface area contributed by atoms with E-state index in [1.807, 2.05) is 0 Å². The maximum absolute atomic E-state index is 4.16. The molecule has 0 spiro atoms. The second kappa shape index (κ2) is 7.08. The summed E-state index contributed by atoms with van der Waals surface area (Å²) in [6.07, 6.45) is 3.45. The first-order valence-electron chi connectivity index (χ1n) is 6.52. The van der Waals surface area contributed by atoms with Gasteiger partial charge in [0.15, 0.2) is 0 Å². The van der Waals surface area contributed by atoms with Gasteiger partial charge in [0.2, 0.25) is 0 Å². The summed E-state index contributed by atoms with van der Waals surface area (Å²) in [7, 11) is 4.35. The molecule has 0 aliphatic heterocycles. The third kappa shape index (κ3) is 3.33. The lowest BCUT2D eigenvalue weighted by Gasteiger charge is -2.46. The van der Waals surface area contributed by atoms with Gasteiger partial charge in [-0.25, -0.2) is 0 Å². The van der Waals surface area contributed by atoms with Crippen molar-refractivity contribution in [3.05, 3.63) is 12.2 Å². The van der Waals surface area contributed by atoms with Gasteiger partial charge in [-0.05, 0) is 46.8 Å². The molecule has 0 aromatic carbocycles. The van der Waals surface area contributed by atoms with E-state index in [1.165, 1.54) is 12.0 Å². The second-order valence-electron chi connectivity index (χ2n) is 4.94. The number of nitrogens with zero attached hydrogens (tertiary/aromatic N) is 1. The molecule has 0 aromatic heterocycles. The summed E-state index contributed by atoms with van der Waals surface area (Å²) in [5.41, 5.74) is 1.44. The van der Waals surface area contributed by atoms with Crippen LogP contribution in [0, 0.1) is 0 Å². The Morgan fingerprint density at radius 1 is 1.25 bits per heavy atom. The zero-order valence-electron chi connectivity index (χ0n) is 12.1. The first-order chi connectivity index (χ1) is 7.46. The molecule has 2 nitrogen and oxygen atoms in total. The molecule has 0 aliphatic rings. The fourth-order valence-corrected chi connectivity index (χ4v) is 2.66. The highest BCUT2D eigenvalue weighted by atomic mass is 15.2. The molecule has 1 N–H and O–H groups in total. The Labute approximate surface area is 102 Å². The van der Waals surface area contributed by atoms with Crippen LogP contribution >= 0.6 is 0 Å². The van der Waals surface area contributed by atoms with Crippen LogP contribution in [0.15, 0.2) is 12.2 Å². The summed E-state index contributed by atoms with van der Waals surface area (Å²) < 4.78 is 0. The van der Waals surface area contributed by atoms with Gasteiger partial charge >= 0.3 is 0 Å². The standard InChI is InChI=1S/C14H30N2/c1-8-11-15-13(12(4)5)14(9-2,10-3)16(6)7/h13,15H,4,8-11H2,1-3,5-7H3. The molecule has 0 heterocycles. The highest BCUT2D eigenvalue weighted by Gasteiger charge is 2.37. The normalized spacial score (nSPS) is 14.2. The predicted molar refractivity (Wildman–Crippen MR) is 73.9 cm³/mol. The van der Waals surface area contributed by atoms with E-state index in [-0.39, 0.29) is 5.54 Å². The van der Waals surface area contributed by atoms with Crippen LogP contribution in [-0.4, -0.2) is 37.1 Å². The minimum atomic E-state index is 0.195. The number of hydrogen-bond acceptors (Lipinski definition) is 2. The molecular formula is C14H30N2. The minimum Gasteiger partial charge on any atom is -0.309 e. The zero-order valence-corrected chi connectivity index (χ0v) is 12.1. The van der Waals surface area contributed by atoms with E-state index in [9.17, 15) is 0 Å². The van der Waals surface area contributed by atoms with Crippen LogP contribution in [0.25, 0.3) is 0 Å². The Morgan fingerprint density at radius 2 is 1.75 bits per heavy atom. The lowest BCUT2D eigenvalue weighted by atomic mass is 9.80. The van der Waals surface area contributed by atoms with Crippen molar-refractivity contribution < 1.29 is 0 Å². The summed E-state index contributed by atoms with van der Waals surface area (Å²) in [5.74, 6) is 0. The van der Waals surface area contributed by atoms with Crippen LogP contribution in [0.5, 0.6) is 0 Å². The molecule has 0 rings (SSSR count). The van der Waals surface area contributed by atoms with E-state index in [0.717, 1.165) is 19.4 Å². The van der Waals surface area contributed by atoms with Gasteiger partial charge in [-0.3, -0.25) is 0 Å². The number of rotatable bonds is 8. The Balaban J connectivity index is 5.00. The average Bonchev–Trinajstić information content (AvgIpc) is 2.23. The Hall–Kier alpha value is -0.340. The largest absolute Gasteiger partial charge is 0.309 e. The Kier molecular flexibility index (Phi) is 6.93. The van der Waals surface area contributed by atoms with E-state index in [1.54, 1.807) is 0 Å². The van der Waals surface area contributed by atoms with E-state index in [0.29, 0.717) is 6.04 Å². The monoisotopic (exact) mass is 226 g/mol. The summed E-state index contributed by atoms with van der Waals surface area (Å²) in [4.78, 5) is 2.36. The molecule has 0 bridgehead atoms. The van der Waals surface area contributed by atoms with Crippen LogP contribution in [0.4, 0.5) is 0 Å². The van der Waals surface area contributed by atoms with Crippen molar-refractivity contribution in [3.8, 4) is 0 Å². The second-order valence-corrected chi connectivity index (χ2v) is 4.94. The highest BCUT2D eigenvalue weighted by Crippen LogP contribution is 2.29. The zero-order chi connectivity index (χ0) is 12.8. The third-order valence-electron chi connectivity index (χ3n) is 3.74. The third-order valence-corrected chi connectivity index (χ3v) is 3.74. The van der Waals surface area contributed by atoms with Crippen molar-refractivity contribution in [2.75, 3.05) is 20.6 Å². The van der Waals surface area contributed by atoms with E-state index in [2.05, 4.69) is 58.6 Å². The van der Waals surface area contributed by atoms with Crippen LogP contribution in [-0.2, 0) is 0 Å². The topological polar surface area (TPSA) is 15.3 Å². The van der Waals surface area contributed by atoms with E-state index in [4.69, 9.17) is 0 Å². The molecule has 1 atom stereocenters. The van der Waals surface area contributed by atoms with Crippen LogP contribution < -0.4 is 5.32 Å². The molecule has 2 heteroatoms. The maximum Gasteiger partial charge on any atom is 0.0460 e. The SMILES string of the molecule is C=C(C)C(NCCC)C(CC)(CC)N(C)C. The molecule has 1 unspecified atom stereocenters. The smallest absolute Gasteiger partial charge is 0.0460 e. The Bertz CT molecular complexity index is 205. The molecule has 0 radical (unpaired) electrons. The molecule has 0 fully saturated rings. The van der Waals surface area contributed by atoms with Gasteiger partial charge in [-0.15, -0.1) is 0 Å². The van der Waals surface area contributed by atoms with Gasteiger partial charge in [0.25, 0.3) is 0 Å². The molecule has 0 aliphatic carbocycles. The van der Waals surface area contributed by atoms with Gasteiger partial charge in [0.05, 0.1) is 0 Å². The van der Waals surface area contributed by atoms with Crippen molar-refractivity contribution >= 4 is 0 Å². The number of nitrogens with one attached hydrogen (secondary N) is 1. The summed E-state index contributed by atoms with van der Waals surface area (Å²) >= 11 is 0. The predicted octanol–water partition coefficient (Wildman–Crippen LogP) is 3.05. The number of likely N-dealkylation sites (N-methyl/N-ethyl adjacent to an activating group) is 1. The maximum atomic E-state index is 4.16. The molecule has 0 amide bonds. The van der Waals surface area contributed by atoms with Gasteiger partial charge in [-0.1, -0.05) is 32.9 Å². The van der Waals surface area contributed by atoms with Crippen LogP contribution in [0.2, 0.25) is 0 Å². The first-order valence-corrected chi connectivity index (χ1v) is 6.52. The average molecular weight is 226 g/mol. The van der Waals surface area contributed by atoms with Crippen LogP contribution in [0.3, 0.4) is 0 Å². The molecule has 0 saturated heterocycles. The van der Waals surface area contributed by atoms with Gasteiger partial charge < -0.3 is 10.2 Å². The number of hydrogen-bond donors (Lipinski definition) is 1. The molecule has 0 aromatic rings. The van der Waals surface area contributed by atoms with Crippen molar-refractivity contribution in [2.45, 2.75) is 58.5 Å². The Morgan fingerprint density at radius 3 is 2.00 bits per heavy atom. The summed E-state index contributed by atoms with van der Waals surface area (Å²) in [6, 6.07) is 0.387. The molecule has 0 saturated carbocycles. The summed E-state index contributed by atoms with van der Waals surface area (Å²) in [5, 5.41) is 3.65. The van der Waals surface area contributed by atoms with E-state index >= 15 is 0 Å². The quantitative estimate of drug-likeness (QED) is 0.640. The molecular weight excluding hydrogens is 196 g/mol. The summed E-state index contributed by atoms with van der Waals surface area (Å²) in [6.45, 7) is 14.1. The van der Waals surface area contributed by atoms with Crippen molar-refractivity contribution in [1.29, 1.82) is 0 Å². The minimum absolute atomic E-state index is 0.195.